The van der Waals surface area contributed by atoms with Crippen LogP contribution in [0.25, 0.3) is 0 Å². The monoisotopic (exact) mass is 588 g/mol. The van der Waals surface area contributed by atoms with Crippen molar-refractivity contribution in [2.24, 2.45) is 0 Å². The summed E-state index contributed by atoms with van der Waals surface area (Å²) < 4.78 is 24.0. The van der Waals surface area contributed by atoms with Crippen LogP contribution in [0.1, 0.15) is 53.3 Å². The number of esters is 3. The Balaban J connectivity index is 1.37. The first-order valence-corrected chi connectivity index (χ1v) is 13.8. The maximum Gasteiger partial charge on any atom is 0.343 e. The van der Waals surface area contributed by atoms with Crippen LogP contribution in [0.3, 0.4) is 0 Å². The standard InChI is InChI=1S/C35H21ClO7/c1-20-28(41-32(37)21-10-4-2-5-11-21)17-16-25-31(20)40-29-19-30(42-33(38)22-12-6-3-7-13-22)27(36)18-26(29)35(25)24-15-9-8-14-23(24)34(39)43-35/h2-19H,1H3. The summed E-state index contributed by atoms with van der Waals surface area (Å²) in [5, 5.41) is 0.125. The van der Waals surface area contributed by atoms with E-state index in [-0.39, 0.29) is 22.3 Å². The Morgan fingerprint density at radius 3 is 1.98 bits per heavy atom. The zero-order valence-electron chi connectivity index (χ0n) is 22.6. The summed E-state index contributed by atoms with van der Waals surface area (Å²) in [5.41, 5.74) is 1.80. The van der Waals surface area contributed by atoms with E-state index >= 15 is 0 Å². The van der Waals surface area contributed by atoms with Gasteiger partial charge in [0.25, 0.3) is 0 Å². The molecule has 0 N–H and O–H groups in total. The largest absolute Gasteiger partial charge is 0.456 e. The molecule has 0 aliphatic carbocycles. The molecule has 1 unspecified atom stereocenters. The van der Waals surface area contributed by atoms with E-state index in [0.717, 1.165) is 0 Å². The van der Waals surface area contributed by atoms with Crippen molar-refractivity contribution in [1.29, 1.82) is 0 Å². The van der Waals surface area contributed by atoms with Gasteiger partial charge in [0.1, 0.15) is 17.2 Å². The molecule has 5 aromatic carbocycles. The normalized spacial score (nSPS) is 15.9. The minimum atomic E-state index is -1.42. The Kier molecular flexibility index (Phi) is 6.25. The first kappa shape index (κ1) is 26.5. The number of fused-ring (bicyclic) bond motifs is 6. The molecule has 2 aliphatic heterocycles. The van der Waals surface area contributed by atoms with Crippen LogP contribution in [-0.4, -0.2) is 17.9 Å². The molecule has 210 valence electrons. The van der Waals surface area contributed by atoms with Crippen LogP contribution in [0.2, 0.25) is 5.02 Å². The summed E-state index contributed by atoms with van der Waals surface area (Å²) in [5.74, 6) is -0.720. The van der Waals surface area contributed by atoms with Gasteiger partial charge in [0.2, 0.25) is 0 Å². The Morgan fingerprint density at radius 2 is 1.30 bits per heavy atom. The van der Waals surface area contributed by atoms with Gasteiger partial charge in [-0.25, -0.2) is 14.4 Å². The maximum atomic E-state index is 13.2. The molecule has 0 radical (unpaired) electrons. The highest BCUT2D eigenvalue weighted by Crippen LogP contribution is 2.58. The first-order chi connectivity index (χ1) is 20.9. The minimum Gasteiger partial charge on any atom is -0.456 e. The van der Waals surface area contributed by atoms with Crippen LogP contribution in [0.5, 0.6) is 23.0 Å². The lowest BCUT2D eigenvalue weighted by atomic mass is 9.77. The zero-order chi connectivity index (χ0) is 29.7. The molecule has 0 bridgehead atoms. The number of halogens is 1. The Bertz CT molecular complexity index is 1950. The summed E-state index contributed by atoms with van der Waals surface area (Å²) in [4.78, 5) is 39.0. The van der Waals surface area contributed by atoms with Crippen LogP contribution in [0.15, 0.2) is 109 Å². The molecule has 8 heteroatoms. The first-order valence-electron chi connectivity index (χ1n) is 13.4. The summed E-state index contributed by atoms with van der Waals surface area (Å²) in [7, 11) is 0. The van der Waals surface area contributed by atoms with Crippen molar-refractivity contribution in [3.05, 3.63) is 153 Å². The number of benzene rings is 5. The second kappa shape index (κ2) is 10.2. The quantitative estimate of drug-likeness (QED) is 0.157. The highest BCUT2D eigenvalue weighted by atomic mass is 35.5. The SMILES string of the molecule is Cc1c(OC(=O)c2ccccc2)ccc2c1Oc1cc(OC(=O)c3ccccc3)c(Cl)cc1C21OC(=O)c2ccccc21. The maximum absolute atomic E-state index is 13.2. The molecule has 7 nitrogen and oxygen atoms in total. The average Bonchev–Trinajstić information content (AvgIpc) is 3.33. The van der Waals surface area contributed by atoms with E-state index in [1.807, 2.05) is 18.2 Å². The van der Waals surface area contributed by atoms with E-state index in [9.17, 15) is 14.4 Å². The number of carbonyl (C=O) groups excluding carboxylic acids is 3. The summed E-state index contributed by atoms with van der Waals surface area (Å²) in [6, 6.07) is 30.7. The molecule has 0 aromatic heterocycles. The molecule has 5 aromatic rings. The summed E-state index contributed by atoms with van der Waals surface area (Å²) in [6.07, 6.45) is 0. The fraction of sp³-hybridized carbons (Fsp3) is 0.0571. The van der Waals surface area contributed by atoms with Gasteiger partial charge >= 0.3 is 17.9 Å². The van der Waals surface area contributed by atoms with Gasteiger partial charge in [-0.05, 0) is 55.5 Å². The molecule has 0 saturated carbocycles. The molecule has 1 spiro atoms. The van der Waals surface area contributed by atoms with E-state index in [2.05, 4.69) is 0 Å². The van der Waals surface area contributed by atoms with Crippen molar-refractivity contribution in [1.82, 2.24) is 0 Å². The number of rotatable bonds is 4. The fourth-order valence-electron chi connectivity index (χ4n) is 5.50. The molecule has 2 aliphatic rings. The highest BCUT2D eigenvalue weighted by molar-refractivity contribution is 6.32. The van der Waals surface area contributed by atoms with Crippen molar-refractivity contribution in [2.75, 3.05) is 0 Å². The third kappa shape index (κ3) is 4.24. The van der Waals surface area contributed by atoms with E-state index in [4.69, 9.17) is 30.5 Å². The van der Waals surface area contributed by atoms with Crippen LogP contribution in [-0.2, 0) is 10.3 Å². The Morgan fingerprint density at radius 1 is 0.698 bits per heavy atom. The van der Waals surface area contributed by atoms with Gasteiger partial charge in [0, 0.05) is 28.3 Å². The average molecular weight is 589 g/mol. The second-order valence-electron chi connectivity index (χ2n) is 10.1. The van der Waals surface area contributed by atoms with E-state index in [1.54, 1.807) is 91.9 Å². The molecule has 7 rings (SSSR count). The minimum absolute atomic E-state index is 0.0646. The lowest BCUT2D eigenvalue weighted by Crippen LogP contribution is -2.33. The Labute approximate surface area is 251 Å². The van der Waals surface area contributed by atoms with Crippen molar-refractivity contribution < 1.29 is 33.3 Å². The fourth-order valence-corrected chi connectivity index (χ4v) is 5.71. The molecule has 0 saturated heterocycles. The molecule has 2 heterocycles. The second-order valence-corrected chi connectivity index (χ2v) is 10.5. The van der Waals surface area contributed by atoms with E-state index in [1.165, 1.54) is 6.07 Å². The number of hydrogen-bond donors (Lipinski definition) is 0. The topological polar surface area (TPSA) is 88.1 Å². The Hall–Kier alpha value is -5.40. The molecule has 0 amide bonds. The molecular formula is C35H21ClO7. The molecule has 43 heavy (non-hydrogen) atoms. The van der Waals surface area contributed by atoms with Gasteiger partial charge < -0.3 is 18.9 Å². The van der Waals surface area contributed by atoms with Gasteiger partial charge in [0.15, 0.2) is 11.4 Å². The molecule has 1 atom stereocenters. The van der Waals surface area contributed by atoms with Crippen LogP contribution < -0.4 is 14.2 Å². The van der Waals surface area contributed by atoms with Gasteiger partial charge in [-0.3, -0.25) is 0 Å². The zero-order valence-corrected chi connectivity index (χ0v) is 23.4. The smallest absolute Gasteiger partial charge is 0.343 e. The number of carbonyl (C=O) groups is 3. The van der Waals surface area contributed by atoms with E-state index in [0.29, 0.717) is 44.7 Å². The summed E-state index contributed by atoms with van der Waals surface area (Å²) in [6.45, 7) is 1.75. The predicted molar refractivity (Wildman–Crippen MR) is 157 cm³/mol. The van der Waals surface area contributed by atoms with Crippen LogP contribution in [0, 0.1) is 6.92 Å². The third-order valence-corrected chi connectivity index (χ3v) is 7.85. The van der Waals surface area contributed by atoms with Crippen molar-refractivity contribution in [2.45, 2.75) is 12.5 Å². The van der Waals surface area contributed by atoms with Gasteiger partial charge in [-0.2, -0.15) is 0 Å². The van der Waals surface area contributed by atoms with Crippen LogP contribution in [0.4, 0.5) is 0 Å². The van der Waals surface area contributed by atoms with Crippen molar-refractivity contribution >= 4 is 29.5 Å². The lowest BCUT2D eigenvalue weighted by molar-refractivity contribution is 0.0223. The van der Waals surface area contributed by atoms with Gasteiger partial charge in [-0.1, -0.05) is 66.2 Å². The molecule has 0 fully saturated rings. The van der Waals surface area contributed by atoms with E-state index < -0.39 is 23.5 Å². The summed E-state index contributed by atoms with van der Waals surface area (Å²) >= 11 is 6.69. The highest BCUT2D eigenvalue weighted by Gasteiger charge is 2.54. The number of hydrogen-bond acceptors (Lipinski definition) is 7. The van der Waals surface area contributed by atoms with Crippen molar-refractivity contribution in [3.8, 4) is 23.0 Å². The van der Waals surface area contributed by atoms with Gasteiger partial charge in [0.05, 0.1) is 21.7 Å². The number of ether oxygens (including phenoxy) is 4. The lowest BCUT2D eigenvalue weighted by Gasteiger charge is -2.37. The predicted octanol–water partition coefficient (Wildman–Crippen LogP) is 7.65. The third-order valence-electron chi connectivity index (χ3n) is 7.56. The van der Waals surface area contributed by atoms with Gasteiger partial charge in [-0.15, -0.1) is 0 Å². The van der Waals surface area contributed by atoms with Crippen LogP contribution >= 0.6 is 11.6 Å². The molecular weight excluding hydrogens is 568 g/mol. The van der Waals surface area contributed by atoms with Crippen molar-refractivity contribution in [3.63, 3.8) is 0 Å².